The topological polar surface area (TPSA) is 17.1 Å². The number of hydrogen-bond donors (Lipinski definition) is 0. The molecule has 2 aromatic carbocycles. The van der Waals surface area contributed by atoms with E-state index >= 15 is 0 Å². The van der Waals surface area contributed by atoms with Gasteiger partial charge < -0.3 is 0 Å². The molecule has 1 nitrogen and oxygen atoms in total. The summed E-state index contributed by atoms with van der Waals surface area (Å²) in [5, 5.41) is 0. The molecule has 21 heavy (non-hydrogen) atoms. The highest BCUT2D eigenvalue weighted by atomic mass is 19.1. The van der Waals surface area contributed by atoms with E-state index in [9.17, 15) is 9.18 Å². The Kier molecular flexibility index (Phi) is 4.23. The van der Waals surface area contributed by atoms with Gasteiger partial charge in [0.15, 0.2) is 0 Å². The second-order valence-electron chi connectivity index (χ2n) is 5.89. The summed E-state index contributed by atoms with van der Waals surface area (Å²) in [6.45, 7) is 6.40. The summed E-state index contributed by atoms with van der Waals surface area (Å²) < 4.78 is 13.5. The standard InChI is InChI=1S/C19H17FO/c1-19(2,3)15-11-8-14(9-12-15)10-13-18(21)16-6-4-5-7-17(16)20/h4-9,11-12H,1-3H3. The molecule has 0 unspecified atom stereocenters. The maximum absolute atomic E-state index is 13.5. The van der Waals surface area contributed by atoms with Crippen LogP contribution in [0.25, 0.3) is 0 Å². The molecule has 0 fully saturated rings. The van der Waals surface area contributed by atoms with E-state index < -0.39 is 11.6 Å². The number of carbonyl (C=O) groups is 1. The van der Waals surface area contributed by atoms with Crippen molar-refractivity contribution < 1.29 is 9.18 Å². The molecule has 0 bridgehead atoms. The maximum atomic E-state index is 13.5. The van der Waals surface area contributed by atoms with Crippen LogP contribution in [0, 0.1) is 17.7 Å². The third kappa shape index (κ3) is 3.79. The first-order valence-electron chi connectivity index (χ1n) is 6.79. The molecule has 0 saturated carbocycles. The highest BCUT2D eigenvalue weighted by Crippen LogP contribution is 2.21. The summed E-state index contributed by atoms with van der Waals surface area (Å²) in [6.07, 6.45) is 0. The van der Waals surface area contributed by atoms with Crippen LogP contribution in [0.1, 0.15) is 42.3 Å². The van der Waals surface area contributed by atoms with Crippen molar-refractivity contribution in [2.24, 2.45) is 0 Å². The zero-order valence-corrected chi connectivity index (χ0v) is 12.4. The zero-order valence-electron chi connectivity index (χ0n) is 12.4. The molecule has 0 saturated heterocycles. The van der Waals surface area contributed by atoms with Gasteiger partial charge in [0.05, 0.1) is 5.56 Å². The first kappa shape index (κ1) is 15.0. The minimum atomic E-state index is -0.542. The fraction of sp³-hybridized carbons (Fsp3) is 0.211. The Labute approximate surface area is 124 Å². The number of ketones is 1. The molecule has 0 aliphatic carbocycles. The number of rotatable bonds is 1. The summed E-state index contributed by atoms with van der Waals surface area (Å²) in [7, 11) is 0. The van der Waals surface area contributed by atoms with Gasteiger partial charge in [-0.1, -0.05) is 51.0 Å². The van der Waals surface area contributed by atoms with Gasteiger partial charge in [-0.25, -0.2) is 4.39 Å². The highest BCUT2D eigenvalue weighted by Gasteiger charge is 2.12. The zero-order chi connectivity index (χ0) is 15.5. The Morgan fingerprint density at radius 3 is 2.19 bits per heavy atom. The smallest absolute Gasteiger partial charge is 0.239 e. The second kappa shape index (κ2) is 5.93. The quantitative estimate of drug-likeness (QED) is 0.560. The van der Waals surface area contributed by atoms with E-state index in [0.29, 0.717) is 0 Å². The fourth-order valence-corrected chi connectivity index (χ4v) is 1.90. The Hall–Kier alpha value is -2.40. The van der Waals surface area contributed by atoms with Crippen molar-refractivity contribution in [3.05, 3.63) is 71.0 Å². The van der Waals surface area contributed by atoms with Gasteiger partial charge in [0.25, 0.3) is 0 Å². The number of carbonyl (C=O) groups excluding carboxylic acids is 1. The predicted molar refractivity (Wildman–Crippen MR) is 82.8 cm³/mol. The predicted octanol–water partition coefficient (Wildman–Crippen LogP) is 4.36. The van der Waals surface area contributed by atoms with Gasteiger partial charge in [0, 0.05) is 5.56 Å². The Morgan fingerprint density at radius 1 is 1.00 bits per heavy atom. The van der Waals surface area contributed by atoms with Gasteiger partial charge in [-0.2, -0.15) is 0 Å². The number of hydrogen-bond acceptors (Lipinski definition) is 1. The molecule has 0 heterocycles. The molecule has 2 aromatic rings. The molecule has 2 heteroatoms. The fourth-order valence-electron chi connectivity index (χ4n) is 1.90. The van der Waals surface area contributed by atoms with Gasteiger partial charge in [-0.15, -0.1) is 0 Å². The van der Waals surface area contributed by atoms with Crippen molar-refractivity contribution in [2.75, 3.05) is 0 Å². The highest BCUT2D eigenvalue weighted by molar-refractivity contribution is 6.09. The van der Waals surface area contributed by atoms with Crippen LogP contribution in [0.3, 0.4) is 0 Å². The van der Waals surface area contributed by atoms with Crippen LogP contribution in [0.5, 0.6) is 0 Å². The molecule has 0 radical (unpaired) electrons. The molecule has 0 aliphatic heterocycles. The van der Waals surface area contributed by atoms with Crippen LogP contribution in [0.15, 0.2) is 48.5 Å². The molecule has 0 aromatic heterocycles. The SMILES string of the molecule is CC(C)(C)c1ccc(C#CC(=O)c2ccccc2F)cc1. The lowest BCUT2D eigenvalue weighted by atomic mass is 9.87. The van der Waals surface area contributed by atoms with Gasteiger partial charge in [-0.05, 0) is 41.2 Å². The van der Waals surface area contributed by atoms with Crippen molar-refractivity contribution in [1.82, 2.24) is 0 Å². The molecule has 0 spiro atoms. The van der Waals surface area contributed by atoms with Crippen molar-refractivity contribution in [2.45, 2.75) is 26.2 Å². The van der Waals surface area contributed by atoms with E-state index in [0.717, 1.165) is 5.56 Å². The number of benzene rings is 2. The Balaban J connectivity index is 2.20. The minimum absolute atomic E-state index is 0.0105. The summed E-state index contributed by atoms with van der Waals surface area (Å²) in [5.74, 6) is 4.22. The average Bonchev–Trinajstić information content (AvgIpc) is 2.45. The summed E-state index contributed by atoms with van der Waals surface area (Å²) in [6, 6.07) is 13.6. The first-order chi connectivity index (χ1) is 9.88. The molecule has 0 aliphatic rings. The summed E-state index contributed by atoms with van der Waals surface area (Å²) in [5.41, 5.74) is 2.03. The van der Waals surface area contributed by atoms with E-state index in [1.54, 1.807) is 12.1 Å². The van der Waals surface area contributed by atoms with Crippen molar-refractivity contribution in [3.8, 4) is 11.8 Å². The van der Waals surface area contributed by atoms with Crippen molar-refractivity contribution in [3.63, 3.8) is 0 Å². The largest absolute Gasteiger partial charge is 0.279 e. The average molecular weight is 280 g/mol. The number of Topliss-reactive ketones (excluding diaryl/α,β-unsaturated/α-hetero) is 1. The monoisotopic (exact) mass is 280 g/mol. The Morgan fingerprint density at radius 2 is 1.62 bits per heavy atom. The van der Waals surface area contributed by atoms with E-state index in [-0.39, 0.29) is 11.0 Å². The van der Waals surface area contributed by atoms with E-state index in [4.69, 9.17) is 0 Å². The molecule has 0 amide bonds. The number of halogens is 1. The summed E-state index contributed by atoms with van der Waals surface area (Å²) in [4.78, 5) is 11.9. The molecule has 2 rings (SSSR count). The molecular weight excluding hydrogens is 263 g/mol. The lowest BCUT2D eigenvalue weighted by molar-refractivity contribution is 0.105. The third-order valence-electron chi connectivity index (χ3n) is 3.19. The molecule has 0 N–H and O–H groups in total. The maximum Gasteiger partial charge on any atom is 0.239 e. The third-order valence-corrected chi connectivity index (χ3v) is 3.19. The van der Waals surface area contributed by atoms with Crippen LogP contribution in [-0.2, 0) is 5.41 Å². The van der Waals surface area contributed by atoms with Crippen LogP contribution >= 0.6 is 0 Å². The van der Waals surface area contributed by atoms with Crippen molar-refractivity contribution in [1.29, 1.82) is 0 Å². The van der Waals surface area contributed by atoms with Crippen LogP contribution < -0.4 is 0 Å². The second-order valence-corrected chi connectivity index (χ2v) is 5.89. The van der Waals surface area contributed by atoms with Gasteiger partial charge in [0.2, 0.25) is 5.78 Å². The minimum Gasteiger partial charge on any atom is -0.279 e. The van der Waals surface area contributed by atoms with Gasteiger partial charge in [-0.3, -0.25) is 4.79 Å². The van der Waals surface area contributed by atoms with Gasteiger partial charge >= 0.3 is 0 Å². The Bertz CT molecular complexity index is 710. The molecule has 106 valence electrons. The van der Waals surface area contributed by atoms with Crippen LogP contribution in [0.2, 0.25) is 0 Å². The van der Waals surface area contributed by atoms with Crippen molar-refractivity contribution >= 4 is 5.78 Å². The molecule has 0 atom stereocenters. The van der Waals surface area contributed by atoms with E-state index in [1.165, 1.54) is 17.7 Å². The van der Waals surface area contributed by atoms with E-state index in [1.807, 2.05) is 24.3 Å². The van der Waals surface area contributed by atoms with Crippen LogP contribution in [0.4, 0.5) is 4.39 Å². The lowest BCUT2D eigenvalue weighted by Crippen LogP contribution is -2.10. The first-order valence-corrected chi connectivity index (χ1v) is 6.79. The lowest BCUT2D eigenvalue weighted by Gasteiger charge is -2.18. The summed E-state index contributed by atoms with van der Waals surface area (Å²) >= 11 is 0. The molecular formula is C19H17FO. The normalized spacial score (nSPS) is 10.7. The van der Waals surface area contributed by atoms with Gasteiger partial charge in [0.1, 0.15) is 5.82 Å². The van der Waals surface area contributed by atoms with Crippen LogP contribution in [-0.4, -0.2) is 5.78 Å². The van der Waals surface area contributed by atoms with E-state index in [2.05, 4.69) is 32.6 Å².